The molecule has 0 spiro atoms. The molecule has 1 aliphatic carbocycles. The number of nitrogens with zero attached hydrogens (tertiary/aromatic N) is 2. The summed E-state index contributed by atoms with van der Waals surface area (Å²) in [5.41, 5.74) is 4.71. The topological polar surface area (TPSA) is 24.7 Å². The minimum Gasteiger partial charge on any atom is -0.245 e. The number of halogens is 4. The van der Waals surface area contributed by atoms with Gasteiger partial charge in [0.25, 0.3) is 0 Å². The fourth-order valence-electron chi connectivity index (χ4n) is 3.60. The molecule has 0 aromatic heterocycles. The normalized spacial score (nSPS) is 15.5. The summed E-state index contributed by atoms with van der Waals surface area (Å²) in [6.45, 7) is 0. The van der Waals surface area contributed by atoms with Gasteiger partial charge in [0.1, 0.15) is 0 Å². The highest BCUT2D eigenvalue weighted by molar-refractivity contribution is 6.61. The van der Waals surface area contributed by atoms with Gasteiger partial charge in [-0.15, -0.1) is 0 Å². The summed E-state index contributed by atoms with van der Waals surface area (Å²) in [6.07, 6.45) is 0. The van der Waals surface area contributed by atoms with Crippen LogP contribution in [0, 0.1) is 0 Å². The highest BCUT2D eigenvalue weighted by Gasteiger charge is 2.27. The molecule has 0 fully saturated rings. The zero-order valence-corrected chi connectivity index (χ0v) is 18.4. The van der Waals surface area contributed by atoms with Gasteiger partial charge in [-0.1, -0.05) is 82.8 Å². The summed E-state index contributed by atoms with van der Waals surface area (Å²) < 4.78 is 0. The lowest BCUT2D eigenvalue weighted by Gasteiger charge is -2.06. The Morgan fingerprint density at radius 3 is 1.43 bits per heavy atom. The smallest absolute Gasteiger partial charge is 0.0979 e. The lowest BCUT2D eigenvalue weighted by atomic mass is 10.1. The van der Waals surface area contributed by atoms with Crippen LogP contribution in [0.15, 0.2) is 82.8 Å². The van der Waals surface area contributed by atoms with E-state index in [2.05, 4.69) is 12.1 Å². The van der Waals surface area contributed by atoms with Crippen molar-refractivity contribution in [3.63, 3.8) is 0 Å². The molecule has 146 valence electrons. The van der Waals surface area contributed by atoms with Crippen LogP contribution in [0.2, 0.25) is 20.1 Å². The second-order valence-corrected chi connectivity index (χ2v) is 8.51. The molecule has 0 radical (unpaired) electrons. The van der Waals surface area contributed by atoms with Crippen molar-refractivity contribution < 1.29 is 0 Å². The first-order chi connectivity index (χ1) is 14.5. The van der Waals surface area contributed by atoms with Crippen molar-refractivity contribution in [3.8, 4) is 0 Å². The first-order valence-corrected chi connectivity index (χ1v) is 10.6. The number of aliphatic imine (C=N–C) groups is 2. The van der Waals surface area contributed by atoms with Crippen LogP contribution in [0.3, 0.4) is 0 Å². The average molecular weight is 470 g/mol. The lowest BCUT2D eigenvalue weighted by Crippen LogP contribution is -2.10. The Hall–Kier alpha value is -2.36. The van der Waals surface area contributed by atoms with E-state index >= 15 is 0 Å². The van der Waals surface area contributed by atoms with Crippen molar-refractivity contribution in [1.29, 1.82) is 0 Å². The number of hydrogen-bond acceptors (Lipinski definition) is 2. The predicted molar refractivity (Wildman–Crippen MR) is 129 cm³/mol. The van der Waals surface area contributed by atoms with Crippen LogP contribution in [-0.2, 0) is 0 Å². The quantitative estimate of drug-likeness (QED) is 0.280. The molecular weight excluding hydrogens is 458 g/mol. The molecule has 1 aliphatic rings. The van der Waals surface area contributed by atoms with Gasteiger partial charge in [-0.3, -0.25) is 0 Å². The van der Waals surface area contributed by atoms with E-state index in [4.69, 9.17) is 56.4 Å². The van der Waals surface area contributed by atoms with Crippen LogP contribution in [0.1, 0.15) is 11.1 Å². The molecule has 4 aromatic carbocycles. The summed E-state index contributed by atoms with van der Waals surface area (Å²) >= 11 is 24.9. The van der Waals surface area contributed by atoms with E-state index in [9.17, 15) is 0 Å². The van der Waals surface area contributed by atoms with Crippen LogP contribution in [-0.4, -0.2) is 11.4 Å². The summed E-state index contributed by atoms with van der Waals surface area (Å²) in [6, 6.07) is 22.8. The van der Waals surface area contributed by atoms with Crippen LogP contribution < -0.4 is 0 Å². The molecule has 6 heteroatoms. The number of rotatable bonds is 2. The Morgan fingerprint density at radius 1 is 0.533 bits per heavy atom. The van der Waals surface area contributed by atoms with Crippen molar-refractivity contribution in [3.05, 3.63) is 104 Å². The van der Waals surface area contributed by atoms with Crippen LogP contribution in [0.25, 0.3) is 10.8 Å². The predicted octanol–water partition coefficient (Wildman–Crippen LogP) is 8.71. The Kier molecular flexibility index (Phi) is 5.04. The highest BCUT2D eigenvalue weighted by atomic mass is 35.5. The van der Waals surface area contributed by atoms with E-state index in [1.165, 1.54) is 0 Å². The SMILES string of the molecule is Clc1ccc(N=C2C(=Nc3ccc(Cl)cc3Cl)c3cccc4cccc2c34)c(Cl)c1. The Labute approximate surface area is 193 Å². The van der Waals surface area contributed by atoms with E-state index < -0.39 is 0 Å². The Morgan fingerprint density at radius 2 is 1.00 bits per heavy atom. The van der Waals surface area contributed by atoms with Crippen molar-refractivity contribution in [2.75, 3.05) is 0 Å². The van der Waals surface area contributed by atoms with E-state index in [1.807, 2.05) is 24.3 Å². The van der Waals surface area contributed by atoms with Crippen LogP contribution >= 0.6 is 46.4 Å². The molecule has 0 saturated heterocycles. The molecule has 0 unspecified atom stereocenters. The second kappa shape index (κ2) is 7.72. The summed E-state index contributed by atoms with van der Waals surface area (Å²) in [5, 5.41) is 4.29. The van der Waals surface area contributed by atoms with E-state index in [-0.39, 0.29) is 0 Å². The van der Waals surface area contributed by atoms with E-state index in [0.29, 0.717) is 31.5 Å². The molecule has 0 saturated carbocycles. The zero-order chi connectivity index (χ0) is 20.8. The molecule has 5 rings (SSSR count). The second-order valence-electron chi connectivity index (χ2n) is 6.82. The number of benzene rings is 4. The minimum atomic E-state index is 0.474. The molecule has 30 heavy (non-hydrogen) atoms. The van der Waals surface area contributed by atoms with Gasteiger partial charge in [-0.25, -0.2) is 9.98 Å². The molecule has 0 amide bonds. The third-order valence-electron chi connectivity index (χ3n) is 4.92. The molecular formula is C24H12Cl4N2. The first kappa shape index (κ1) is 19.6. The maximum atomic E-state index is 6.41. The third kappa shape index (κ3) is 3.40. The van der Waals surface area contributed by atoms with Crippen molar-refractivity contribution in [2.45, 2.75) is 0 Å². The highest BCUT2D eigenvalue weighted by Crippen LogP contribution is 2.37. The van der Waals surface area contributed by atoms with Gasteiger partial charge in [0.15, 0.2) is 0 Å². The van der Waals surface area contributed by atoms with Crippen LogP contribution in [0.5, 0.6) is 0 Å². The molecule has 0 heterocycles. The maximum absolute atomic E-state index is 6.41. The van der Waals surface area contributed by atoms with E-state index in [1.54, 1.807) is 36.4 Å². The summed E-state index contributed by atoms with van der Waals surface area (Å²) in [7, 11) is 0. The summed E-state index contributed by atoms with van der Waals surface area (Å²) in [5.74, 6) is 0. The molecule has 0 bridgehead atoms. The van der Waals surface area contributed by atoms with E-state index in [0.717, 1.165) is 33.3 Å². The van der Waals surface area contributed by atoms with Gasteiger partial charge < -0.3 is 0 Å². The van der Waals surface area contributed by atoms with Crippen molar-refractivity contribution in [2.24, 2.45) is 9.98 Å². The molecule has 0 atom stereocenters. The van der Waals surface area contributed by atoms with Gasteiger partial charge in [0, 0.05) is 26.6 Å². The molecule has 4 aromatic rings. The maximum Gasteiger partial charge on any atom is 0.0979 e. The van der Waals surface area contributed by atoms with Crippen molar-refractivity contribution in [1.82, 2.24) is 0 Å². The monoisotopic (exact) mass is 468 g/mol. The van der Waals surface area contributed by atoms with Gasteiger partial charge in [0.2, 0.25) is 0 Å². The van der Waals surface area contributed by atoms with Gasteiger partial charge in [-0.05, 0) is 41.8 Å². The largest absolute Gasteiger partial charge is 0.245 e. The Balaban J connectivity index is 1.79. The molecule has 0 aliphatic heterocycles. The number of hydrogen-bond donors (Lipinski definition) is 0. The first-order valence-electron chi connectivity index (χ1n) is 9.11. The standard InChI is InChI=1S/C24H12Cl4N2/c25-14-7-9-20(18(27)11-14)29-23-16-5-1-3-13-4-2-6-17(22(13)16)24(23)30-21-10-8-15(26)12-19(21)28/h1-12H. The fourth-order valence-corrected chi connectivity index (χ4v) is 4.50. The lowest BCUT2D eigenvalue weighted by molar-refractivity contribution is 1.50. The van der Waals surface area contributed by atoms with Gasteiger partial charge in [0.05, 0.1) is 32.8 Å². The Bertz CT molecular complexity index is 1290. The minimum absolute atomic E-state index is 0.474. The molecule has 2 nitrogen and oxygen atoms in total. The van der Waals surface area contributed by atoms with Crippen molar-refractivity contribution >= 4 is 80.0 Å². The zero-order valence-electron chi connectivity index (χ0n) is 15.3. The average Bonchev–Trinajstić information content (AvgIpc) is 3.01. The van der Waals surface area contributed by atoms with Gasteiger partial charge >= 0.3 is 0 Å². The fraction of sp³-hybridized carbons (Fsp3) is 0. The third-order valence-corrected chi connectivity index (χ3v) is 6.00. The molecule has 0 N–H and O–H groups in total. The van der Waals surface area contributed by atoms with Crippen LogP contribution in [0.4, 0.5) is 11.4 Å². The summed E-state index contributed by atoms with van der Waals surface area (Å²) in [4.78, 5) is 9.78. The van der Waals surface area contributed by atoms with Gasteiger partial charge in [-0.2, -0.15) is 0 Å².